The molecule has 0 fully saturated rings. The highest BCUT2D eigenvalue weighted by atomic mass is 79.9. The van der Waals surface area contributed by atoms with Gasteiger partial charge in [0.25, 0.3) is 0 Å². The van der Waals surface area contributed by atoms with Crippen molar-refractivity contribution in [2.75, 3.05) is 0 Å². The molecule has 4 heteroatoms. The lowest BCUT2D eigenvalue weighted by Gasteiger charge is -2.10. The second-order valence-electron chi connectivity index (χ2n) is 3.63. The number of hydrogen-bond acceptors (Lipinski definition) is 1. The topological polar surface area (TPSA) is 26.0 Å². The normalized spacial score (nSPS) is 10.6. The minimum atomic E-state index is -0.287. The molecule has 0 amide bonds. The van der Waals surface area contributed by atoms with Gasteiger partial charge in [-0.3, -0.25) is 0 Å². The van der Waals surface area contributed by atoms with Crippen LogP contribution in [0.15, 0.2) is 40.9 Å². The largest absolute Gasteiger partial charge is 0.326 e. The van der Waals surface area contributed by atoms with Crippen molar-refractivity contribution >= 4 is 27.5 Å². The van der Waals surface area contributed by atoms with Crippen LogP contribution in [-0.4, -0.2) is 0 Å². The molecule has 0 unspecified atom stereocenters. The molecule has 0 atom stereocenters. The van der Waals surface area contributed by atoms with Gasteiger partial charge in [-0.2, -0.15) is 0 Å². The Morgan fingerprint density at radius 3 is 2.59 bits per heavy atom. The van der Waals surface area contributed by atoms with Gasteiger partial charge in [0.15, 0.2) is 0 Å². The van der Waals surface area contributed by atoms with Crippen molar-refractivity contribution in [3.8, 4) is 11.1 Å². The van der Waals surface area contributed by atoms with Crippen molar-refractivity contribution in [1.82, 2.24) is 0 Å². The van der Waals surface area contributed by atoms with Crippen LogP contribution in [0.2, 0.25) is 5.02 Å². The number of rotatable bonds is 2. The average Bonchev–Trinajstić information content (AvgIpc) is 2.32. The van der Waals surface area contributed by atoms with E-state index in [0.29, 0.717) is 17.1 Å². The molecule has 0 radical (unpaired) electrons. The number of halogens is 3. The smallest absolute Gasteiger partial charge is 0.131 e. The molecule has 0 aromatic heterocycles. The van der Waals surface area contributed by atoms with Gasteiger partial charge in [0, 0.05) is 21.6 Å². The zero-order valence-corrected chi connectivity index (χ0v) is 11.2. The monoisotopic (exact) mass is 313 g/mol. The molecule has 0 heterocycles. The summed E-state index contributed by atoms with van der Waals surface area (Å²) in [5.74, 6) is -0.287. The first-order valence-corrected chi connectivity index (χ1v) is 6.23. The molecule has 0 saturated heterocycles. The van der Waals surface area contributed by atoms with Crippen LogP contribution in [0.1, 0.15) is 5.56 Å². The van der Waals surface area contributed by atoms with E-state index in [0.717, 1.165) is 15.6 Å². The van der Waals surface area contributed by atoms with Crippen molar-refractivity contribution < 1.29 is 4.39 Å². The van der Waals surface area contributed by atoms with E-state index in [9.17, 15) is 4.39 Å². The summed E-state index contributed by atoms with van der Waals surface area (Å²) in [7, 11) is 0. The van der Waals surface area contributed by atoms with Crippen molar-refractivity contribution in [3.63, 3.8) is 0 Å². The third-order valence-corrected chi connectivity index (χ3v) is 3.24. The summed E-state index contributed by atoms with van der Waals surface area (Å²) < 4.78 is 14.6. The van der Waals surface area contributed by atoms with E-state index >= 15 is 0 Å². The molecule has 2 aromatic carbocycles. The maximum Gasteiger partial charge on any atom is 0.131 e. The van der Waals surface area contributed by atoms with Gasteiger partial charge in [-0.15, -0.1) is 0 Å². The van der Waals surface area contributed by atoms with E-state index in [4.69, 9.17) is 17.3 Å². The van der Waals surface area contributed by atoms with E-state index < -0.39 is 0 Å². The van der Waals surface area contributed by atoms with Crippen LogP contribution in [0.25, 0.3) is 11.1 Å². The van der Waals surface area contributed by atoms with E-state index in [1.165, 1.54) is 6.07 Å². The van der Waals surface area contributed by atoms with Crippen molar-refractivity contribution in [2.24, 2.45) is 5.73 Å². The third kappa shape index (κ3) is 2.68. The summed E-state index contributed by atoms with van der Waals surface area (Å²) in [4.78, 5) is 0. The van der Waals surface area contributed by atoms with Gasteiger partial charge in [-0.25, -0.2) is 4.39 Å². The van der Waals surface area contributed by atoms with Gasteiger partial charge in [-0.05, 0) is 41.5 Å². The molecule has 1 nitrogen and oxygen atoms in total. The quantitative estimate of drug-likeness (QED) is 0.875. The van der Waals surface area contributed by atoms with E-state index in [-0.39, 0.29) is 5.82 Å². The van der Waals surface area contributed by atoms with Gasteiger partial charge in [0.05, 0.1) is 0 Å². The molecule has 2 rings (SSSR count). The van der Waals surface area contributed by atoms with E-state index in [1.54, 1.807) is 24.3 Å². The molecule has 0 bridgehead atoms. The molecular formula is C13H10BrClFN. The molecule has 0 aliphatic heterocycles. The first-order chi connectivity index (χ1) is 8.11. The second kappa shape index (κ2) is 5.17. The third-order valence-electron chi connectivity index (χ3n) is 2.51. The number of hydrogen-bond donors (Lipinski definition) is 1. The molecule has 0 aliphatic carbocycles. The van der Waals surface area contributed by atoms with Crippen molar-refractivity contribution in [1.29, 1.82) is 0 Å². The second-order valence-corrected chi connectivity index (χ2v) is 4.98. The van der Waals surface area contributed by atoms with Gasteiger partial charge in [0.2, 0.25) is 0 Å². The Labute approximate surface area is 113 Å². The molecule has 88 valence electrons. The SMILES string of the molecule is NCc1ccc(Cl)cc1-c1cc(Br)ccc1F. The lowest BCUT2D eigenvalue weighted by Crippen LogP contribution is -1.99. The zero-order chi connectivity index (χ0) is 12.4. The summed E-state index contributed by atoms with van der Waals surface area (Å²) in [6, 6.07) is 10.1. The van der Waals surface area contributed by atoms with E-state index in [1.807, 2.05) is 6.07 Å². The lowest BCUT2D eigenvalue weighted by molar-refractivity contribution is 0.631. The van der Waals surface area contributed by atoms with Crippen LogP contribution in [0.4, 0.5) is 4.39 Å². The summed E-state index contributed by atoms with van der Waals surface area (Å²) in [6.07, 6.45) is 0. The fraction of sp³-hybridized carbons (Fsp3) is 0.0769. The maximum atomic E-state index is 13.8. The summed E-state index contributed by atoms with van der Waals surface area (Å²) >= 11 is 9.27. The van der Waals surface area contributed by atoms with E-state index in [2.05, 4.69) is 15.9 Å². The molecule has 0 aliphatic rings. The Bertz CT molecular complexity index is 557. The Balaban J connectivity index is 2.66. The highest BCUT2D eigenvalue weighted by Gasteiger charge is 2.10. The first kappa shape index (κ1) is 12.6. The van der Waals surface area contributed by atoms with Gasteiger partial charge >= 0.3 is 0 Å². The number of nitrogens with two attached hydrogens (primary N) is 1. The van der Waals surface area contributed by atoms with Crippen LogP contribution in [-0.2, 0) is 6.54 Å². The zero-order valence-electron chi connectivity index (χ0n) is 8.88. The molecule has 17 heavy (non-hydrogen) atoms. The molecular weight excluding hydrogens is 305 g/mol. The highest BCUT2D eigenvalue weighted by Crippen LogP contribution is 2.31. The fourth-order valence-corrected chi connectivity index (χ4v) is 2.21. The standard InChI is InChI=1S/C13H10BrClFN/c14-9-2-4-13(16)12(5-9)11-6-10(15)3-1-8(11)7-17/h1-6H,7,17H2. The number of benzene rings is 2. The molecule has 0 spiro atoms. The highest BCUT2D eigenvalue weighted by molar-refractivity contribution is 9.10. The van der Waals surface area contributed by atoms with Gasteiger partial charge < -0.3 is 5.73 Å². The Kier molecular flexibility index (Phi) is 3.82. The fourth-order valence-electron chi connectivity index (χ4n) is 1.68. The van der Waals surface area contributed by atoms with Crippen LogP contribution in [0, 0.1) is 5.82 Å². The van der Waals surface area contributed by atoms with Crippen LogP contribution in [0.5, 0.6) is 0 Å². The lowest BCUT2D eigenvalue weighted by atomic mass is 9.99. The Hall–Kier alpha value is -0.900. The minimum absolute atomic E-state index is 0.287. The van der Waals surface area contributed by atoms with Crippen LogP contribution >= 0.6 is 27.5 Å². The van der Waals surface area contributed by atoms with Gasteiger partial charge in [0.1, 0.15) is 5.82 Å². The van der Waals surface area contributed by atoms with Gasteiger partial charge in [-0.1, -0.05) is 33.6 Å². The Morgan fingerprint density at radius 2 is 1.88 bits per heavy atom. The predicted molar refractivity (Wildman–Crippen MR) is 72.4 cm³/mol. The average molecular weight is 315 g/mol. The maximum absolute atomic E-state index is 13.8. The summed E-state index contributed by atoms with van der Waals surface area (Å²) in [6.45, 7) is 0.346. The summed E-state index contributed by atoms with van der Waals surface area (Å²) in [5.41, 5.74) is 7.75. The van der Waals surface area contributed by atoms with Crippen molar-refractivity contribution in [2.45, 2.75) is 6.54 Å². The molecule has 2 N–H and O–H groups in total. The Morgan fingerprint density at radius 1 is 1.12 bits per heavy atom. The molecule has 0 saturated carbocycles. The molecule has 2 aromatic rings. The minimum Gasteiger partial charge on any atom is -0.326 e. The van der Waals surface area contributed by atoms with Crippen LogP contribution < -0.4 is 5.73 Å². The first-order valence-electron chi connectivity index (χ1n) is 5.05. The summed E-state index contributed by atoms with van der Waals surface area (Å²) in [5, 5.41) is 0.566. The van der Waals surface area contributed by atoms with Crippen LogP contribution in [0.3, 0.4) is 0 Å². The predicted octanol–water partition coefficient (Wildman–Crippen LogP) is 4.37. The van der Waals surface area contributed by atoms with Crippen molar-refractivity contribution in [3.05, 3.63) is 57.3 Å².